The number of hydrogen-bond donors (Lipinski definition) is 3. The first-order valence-electron chi connectivity index (χ1n) is 5.08. The van der Waals surface area contributed by atoms with Crippen LogP contribution in [-0.2, 0) is 14.8 Å². The summed E-state index contributed by atoms with van der Waals surface area (Å²) in [6.45, 7) is -0.464. The lowest BCUT2D eigenvalue weighted by Crippen LogP contribution is -2.37. The molecule has 1 rings (SSSR count). The summed E-state index contributed by atoms with van der Waals surface area (Å²) < 4.78 is 25.5. The zero-order valence-corrected chi connectivity index (χ0v) is 10.8. The highest BCUT2D eigenvalue weighted by Gasteiger charge is 2.16. The molecule has 0 bridgehead atoms. The van der Waals surface area contributed by atoms with Crippen LogP contribution in [0.15, 0.2) is 34.2 Å². The molecule has 0 aromatic heterocycles. The number of carbonyl (C=O) groups is 1. The molecular weight excluding hydrogens is 290 g/mol. The van der Waals surface area contributed by atoms with Crippen molar-refractivity contribution in [3.63, 3.8) is 0 Å². The molecule has 0 spiro atoms. The van der Waals surface area contributed by atoms with Gasteiger partial charge in [0.15, 0.2) is 0 Å². The van der Waals surface area contributed by atoms with Crippen LogP contribution in [-0.4, -0.2) is 31.8 Å². The molecule has 1 amide bonds. The zero-order valence-electron chi connectivity index (χ0n) is 10.0. The Kier molecular flexibility index (Phi) is 4.59. The number of guanidine groups is 1. The molecule has 0 aliphatic rings. The van der Waals surface area contributed by atoms with Crippen LogP contribution >= 0.6 is 0 Å². The fourth-order valence-corrected chi connectivity index (χ4v) is 2.09. The van der Waals surface area contributed by atoms with E-state index in [-0.39, 0.29) is 10.6 Å². The molecule has 20 heavy (non-hydrogen) atoms. The number of amides is 1. The third-order valence-electron chi connectivity index (χ3n) is 2.00. The summed E-state index contributed by atoms with van der Waals surface area (Å²) in [7, 11) is -4.03. The summed E-state index contributed by atoms with van der Waals surface area (Å²) in [5.74, 6) is -1.29. The summed E-state index contributed by atoms with van der Waals surface area (Å²) in [4.78, 5) is 23.4. The van der Waals surface area contributed by atoms with E-state index in [1.54, 1.807) is 0 Å². The number of non-ortho nitro benzene ring substituents is 1. The lowest BCUT2D eigenvalue weighted by atomic mass is 10.3. The number of nitrogens with zero attached hydrogens (tertiary/aromatic N) is 2. The molecule has 11 heteroatoms. The highest BCUT2D eigenvalue weighted by molar-refractivity contribution is 7.90. The monoisotopic (exact) mass is 301 g/mol. The van der Waals surface area contributed by atoms with Gasteiger partial charge < -0.3 is 11.5 Å². The molecule has 1 aromatic carbocycles. The van der Waals surface area contributed by atoms with Gasteiger partial charge in [0, 0.05) is 12.1 Å². The van der Waals surface area contributed by atoms with Gasteiger partial charge in [-0.1, -0.05) is 0 Å². The lowest BCUT2D eigenvalue weighted by molar-refractivity contribution is -0.384. The highest BCUT2D eigenvalue weighted by Crippen LogP contribution is 2.15. The minimum atomic E-state index is -4.03. The van der Waals surface area contributed by atoms with Crippen LogP contribution in [0, 0.1) is 10.1 Å². The van der Waals surface area contributed by atoms with E-state index in [1.165, 1.54) is 0 Å². The van der Waals surface area contributed by atoms with Crippen molar-refractivity contribution in [2.75, 3.05) is 6.54 Å². The average Bonchev–Trinajstić information content (AvgIpc) is 2.36. The maximum Gasteiger partial charge on any atom is 0.269 e. The molecular formula is C9H11N5O5S. The van der Waals surface area contributed by atoms with Crippen LogP contribution < -0.4 is 16.2 Å². The van der Waals surface area contributed by atoms with Gasteiger partial charge in [0.2, 0.25) is 11.9 Å². The van der Waals surface area contributed by atoms with Gasteiger partial charge in [0.25, 0.3) is 15.7 Å². The van der Waals surface area contributed by atoms with Crippen molar-refractivity contribution < 1.29 is 18.1 Å². The number of rotatable bonds is 5. The molecule has 10 nitrogen and oxygen atoms in total. The van der Waals surface area contributed by atoms with Crippen molar-refractivity contribution >= 4 is 27.6 Å². The molecule has 5 N–H and O–H groups in total. The summed E-state index contributed by atoms with van der Waals surface area (Å²) in [6.07, 6.45) is 0. The predicted molar refractivity (Wildman–Crippen MR) is 69.1 cm³/mol. The second kappa shape index (κ2) is 5.97. The molecule has 0 radical (unpaired) electrons. The van der Waals surface area contributed by atoms with E-state index in [0.717, 1.165) is 24.3 Å². The number of carbonyl (C=O) groups excluding carboxylic acids is 1. The fraction of sp³-hybridized carbons (Fsp3) is 0.111. The van der Waals surface area contributed by atoms with Crippen LogP contribution in [0.4, 0.5) is 5.69 Å². The summed E-state index contributed by atoms with van der Waals surface area (Å²) >= 11 is 0. The van der Waals surface area contributed by atoms with Crippen LogP contribution in [0.2, 0.25) is 0 Å². The largest absolute Gasteiger partial charge is 0.369 e. The van der Waals surface area contributed by atoms with Gasteiger partial charge in [0.05, 0.1) is 9.82 Å². The number of nitrogens with two attached hydrogens (primary N) is 2. The van der Waals surface area contributed by atoms with E-state index in [2.05, 4.69) is 4.99 Å². The summed E-state index contributed by atoms with van der Waals surface area (Å²) in [5, 5.41) is 10.4. The number of sulfonamides is 1. The molecule has 0 heterocycles. The molecule has 0 fully saturated rings. The van der Waals surface area contributed by atoms with Crippen LogP contribution in [0.1, 0.15) is 0 Å². The second-order valence-electron chi connectivity index (χ2n) is 3.52. The van der Waals surface area contributed by atoms with Gasteiger partial charge in [-0.05, 0) is 12.1 Å². The van der Waals surface area contributed by atoms with Gasteiger partial charge >= 0.3 is 0 Å². The molecule has 0 unspecified atom stereocenters. The Labute approximate surface area is 113 Å². The Hall–Kier alpha value is -2.69. The van der Waals surface area contributed by atoms with Crippen molar-refractivity contribution in [2.45, 2.75) is 4.90 Å². The van der Waals surface area contributed by atoms with Crippen molar-refractivity contribution in [3.05, 3.63) is 34.4 Å². The zero-order chi connectivity index (χ0) is 15.3. The maximum atomic E-state index is 11.8. The van der Waals surface area contributed by atoms with Crippen molar-refractivity contribution in [1.29, 1.82) is 0 Å². The Bertz CT molecular complexity index is 652. The molecule has 108 valence electrons. The Morgan fingerprint density at radius 1 is 1.30 bits per heavy atom. The van der Waals surface area contributed by atoms with E-state index < -0.39 is 33.4 Å². The average molecular weight is 301 g/mol. The van der Waals surface area contributed by atoms with Gasteiger partial charge in [-0.25, -0.2) is 18.1 Å². The van der Waals surface area contributed by atoms with Crippen molar-refractivity contribution in [2.24, 2.45) is 16.5 Å². The minimum Gasteiger partial charge on any atom is -0.369 e. The van der Waals surface area contributed by atoms with Gasteiger partial charge in [-0.15, -0.1) is 0 Å². The first-order valence-corrected chi connectivity index (χ1v) is 6.56. The smallest absolute Gasteiger partial charge is 0.269 e. The molecule has 0 saturated carbocycles. The summed E-state index contributed by atoms with van der Waals surface area (Å²) in [6, 6.07) is 4.15. The van der Waals surface area contributed by atoms with E-state index in [9.17, 15) is 23.3 Å². The minimum absolute atomic E-state index is 0.236. The first-order chi connectivity index (χ1) is 9.22. The molecule has 0 atom stereocenters. The number of nitro groups is 1. The number of nitro benzene ring substituents is 1. The Morgan fingerprint density at radius 3 is 2.30 bits per heavy atom. The van der Waals surface area contributed by atoms with Gasteiger partial charge in [-0.3, -0.25) is 14.9 Å². The molecule has 0 saturated heterocycles. The molecule has 0 aliphatic carbocycles. The fourth-order valence-electron chi connectivity index (χ4n) is 1.14. The van der Waals surface area contributed by atoms with Crippen LogP contribution in [0.5, 0.6) is 0 Å². The number of benzene rings is 1. The van der Waals surface area contributed by atoms with E-state index >= 15 is 0 Å². The highest BCUT2D eigenvalue weighted by atomic mass is 32.2. The Balaban J connectivity index is 2.91. The normalized spacial score (nSPS) is 11.9. The Morgan fingerprint density at radius 2 is 1.85 bits per heavy atom. The van der Waals surface area contributed by atoms with E-state index in [4.69, 9.17) is 11.5 Å². The summed E-state index contributed by atoms with van der Waals surface area (Å²) in [5.41, 5.74) is 9.83. The lowest BCUT2D eigenvalue weighted by Gasteiger charge is -2.06. The third kappa shape index (κ3) is 4.20. The topological polar surface area (TPSA) is 171 Å². The number of hydrogen-bond acceptors (Lipinski definition) is 6. The second-order valence-corrected chi connectivity index (χ2v) is 5.21. The van der Waals surface area contributed by atoms with E-state index in [1.807, 2.05) is 4.72 Å². The van der Waals surface area contributed by atoms with Gasteiger partial charge in [-0.2, -0.15) is 0 Å². The molecule has 0 aliphatic heterocycles. The van der Waals surface area contributed by atoms with E-state index in [0.29, 0.717) is 0 Å². The van der Waals surface area contributed by atoms with Crippen LogP contribution in [0.3, 0.4) is 0 Å². The van der Waals surface area contributed by atoms with Crippen LogP contribution in [0.25, 0.3) is 0 Å². The quantitative estimate of drug-likeness (QED) is 0.263. The standard InChI is InChI=1S/C9H11N5O5S/c10-8(15)5-12-9(11)13-20(18,19)7-3-1-6(2-4-7)14(16)17/h1-4H,5H2,(H2,10,15)(H3,11,12,13). The predicted octanol–water partition coefficient (Wildman–Crippen LogP) is -1.33. The molecule has 1 aromatic rings. The number of nitrogens with one attached hydrogen (secondary N) is 1. The maximum absolute atomic E-state index is 11.8. The van der Waals surface area contributed by atoms with Crippen molar-refractivity contribution in [1.82, 2.24) is 4.72 Å². The van der Waals surface area contributed by atoms with Gasteiger partial charge in [0.1, 0.15) is 6.54 Å². The number of primary amides is 1. The van der Waals surface area contributed by atoms with Crippen molar-refractivity contribution in [3.8, 4) is 0 Å². The SMILES string of the molecule is NC(=O)CN=C(N)NS(=O)(=O)c1ccc([N+](=O)[O-])cc1. The first kappa shape index (κ1) is 15.4. The third-order valence-corrected chi connectivity index (χ3v) is 3.37. The number of aliphatic imine (C=N–C) groups is 1.